The van der Waals surface area contributed by atoms with Crippen LogP contribution in [0, 0.1) is 18.3 Å². The maximum Gasteiger partial charge on any atom is 0.257 e. The van der Waals surface area contributed by atoms with Crippen LogP contribution in [-0.2, 0) is 0 Å². The van der Waals surface area contributed by atoms with Gasteiger partial charge in [-0.2, -0.15) is 10.2 Å². The van der Waals surface area contributed by atoms with Gasteiger partial charge in [-0.05, 0) is 62.7 Å². The Balaban J connectivity index is 1.80. The zero-order valence-corrected chi connectivity index (χ0v) is 15.5. The molecule has 136 valence electrons. The molecule has 27 heavy (non-hydrogen) atoms. The van der Waals surface area contributed by atoms with E-state index in [4.69, 9.17) is 9.78 Å². The Bertz CT molecular complexity index is 969. The summed E-state index contributed by atoms with van der Waals surface area (Å²) in [5, 5.41) is 12.7. The minimum absolute atomic E-state index is 0.0531. The van der Waals surface area contributed by atoms with E-state index >= 15 is 0 Å². The summed E-state index contributed by atoms with van der Waals surface area (Å²) in [6, 6.07) is 16.5. The van der Waals surface area contributed by atoms with Crippen LogP contribution in [0.25, 0.3) is 11.5 Å². The van der Waals surface area contributed by atoms with Gasteiger partial charge in [0.2, 0.25) is 0 Å². The van der Waals surface area contributed by atoms with E-state index in [0.717, 1.165) is 11.1 Å². The summed E-state index contributed by atoms with van der Waals surface area (Å²) in [4.78, 5) is 19.0. The molecule has 0 saturated heterocycles. The Morgan fingerprint density at radius 3 is 2.37 bits per heavy atom. The summed E-state index contributed by atoms with van der Waals surface area (Å²) in [5.74, 6) is 0.950. The molecule has 0 N–H and O–H groups in total. The van der Waals surface area contributed by atoms with Crippen LogP contribution >= 0.6 is 0 Å². The molecule has 0 aliphatic heterocycles. The van der Waals surface area contributed by atoms with Crippen molar-refractivity contribution in [2.45, 2.75) is 26.8 Å². The lowest BCUT2D eigenvalue weighted by Gasteiger charge is -2.28. The maximum atomic E-state index is 13.0. The van der Waals surface area contributed by atoms with E-state index in [1.54, 1.807) is 48.2 Å². The van der Waals surface area contributed by atoms with Crippen molar-refractivity contribution < 1.29 is 9.32 Å². The third-order valence-electron chi connectivity index (χ3n) is 4.50. The van der Waals surface area contributed by atoms with Crippen LogP contribution in [0.3, 0.4) is 0 Å². The zero-order valence-electron chi connectivity index (χ0n) is 15.5. The first kappa shape index (κ1) is 18.3. The molecule has 3 aromatic rings. The first-order chi connectivity index (χ1) is 13.0. The minimum atomic E-state index is -0.103. The molecule has 2 aromatic carbocycles. The predicted octanol–water partition coefficient (Wildman–Crippen LogP) is 4.14. The number of nitrogens with zero attached hydrogens (tertiary/aromatic N) is 4. The highest BCUT2D eigenvalue weighted by molar-refractivity contribution is 5.94. The summed E-state index contributed by atoms with van der Waals surface area (Å²) in [5.41, 5.74) is 2.96. The van der Waals surface area contributed by atoms with Crippen molar-refractivity contribution in [3.63, 3.8) is 0 Å². The largest absolute Gasteiger partial charge is 0.334 e. The lowest BCUT2D eigenvalue weighted by atomic mass is 10.0. The van der Waals surface area contributed by atoms with Crippen molar-refractivity contribution in [1.29, 1.82) is 5.26 Å². The number of amides is 1. The second kappa shape index (κ2) is 7.83. The van der Waals surface area contributed by atoms with Gasteiger partial charge in [0.05, 0.1) is 17.7 Å². The summed E-state index contributed by atoms with van der Waals surface area (Å²) < 4.78 is 5.15. The quantitative estimate of drug-likeness (QED) is 0.683. The Morgan fingerprint density at radius 2 is 1.85 bits per heavy atom. The fourth-order valence-electron chi connectivity index (χ4n) is 2.94. The van der Waals surface area contributed by atoms with Gasteiger partial charge in [-0.1, -0.05) is 17.3 Å². The van der Waals surface area contributed by atoms with Crippen molar-refractivity contribution in [3.05, 3.63) is 71.0 Å². The average Bonchev–Trinajstić information content (AvgIpc) is 3.15. The third kappa shape index (κ3) is 3.87. The Labute approximate surface area is 158 Å². The third-order valence-corrected chi connectivity index (χ3v) is 4.50. The number of carbonyl (C=O) groups is 1. The van der Waals surface area contributed by atoms with Gasteiger partial charge in [-0.15, -0.1) is 0 Å². The summed E-state index contributed by atoms with van der Waals surface area (Å²) in [6.07, 6.45) is 0. The molecule has 0 aliphatic rings. The van der Waals surface area contributed by atoms with Crippen molar-refractivity contribution in [2.75, 3.05) is 6.54 Å². The smallest absolute Gasteiger partial charge is 0.257 e. The fourth-order valence-corrected chi connectivity index (χ4v) is 2.94. The van der Waals surface area contributed by atoms with Crippen LogP contribution in [0.4, 0.5) is 0 Å². The Hall–Kier alpha value is -3.46. The molecule has 0 spiro atoms. The molecular formula is C21H20N4O2. The number of carbonyl (C=O) groups excluding carboxylic acids is 1. The van der Waals surface area contributed by atoms with E-state index in [-0.39, 0.29) is 11.9 Å². The van der Waals surface area contributed by atoms with Crippen molar-refractivity contribution in [3.8, 4) is 17.5 Å². The summed E-state index contributed by atoms with van der Waals surface area (Å²) in [6.45, 7) is 6.27. The van der Waals surface area contributed by atoms with E-state index in [0.29, 0.717) is 29.4 Å². The molecule has 1 atom stereocenters. The zero-order chi connectivity index (χ0) is 19.4. The van der Waals surface area contributed by atoms with E-state index in [2.05, 4.69) is 16.2 Å². The molecule has 0 fully saturated rings. The standard InChI is InChI=1S/C21H20N4O2/c1-4-25(14(2)17-7-5-16(13-22)6-8-17)21(26)19-11-9-18(10-12-19)20-23-15(3)24-27-20/h5-12,14H,4H2,1-3H3. The molecule has 3 rings (SSSR count). The van der Waals surface area contributed by atoms with Gasteiger partial charge in [0.15, 0.2) is 5.82 Å². The maximum absolute atomic E-state index is 13.0. The van der Waals surface area contributed by atoms with Crippen LogP contribution in [0.5, 0.6) is 0 Å². The van der Waals surface area contributed by atoms with Crippen LogP contribution < -0.4 is 0 Å². The summed E-state index contributed by atoms with van der Waals surface area (Å²) in [7, 11) is 0. The summed E-state index contributed by atoms with van der Waals surface area (Å²) >= 11 is 0. The second-order valence-electron chi connectivity index (χ2n) is 6.23. The van der Waals surface area contributed by atoms with Crippen molar-refractivity contribution in [1.82, 2.24) is 15.0 Å². The highest BCUT2D eigenvalue weighted by Crippen LogP contribution is 2.24. The minimum Gasteiger partial charge on any atom is -0.334 e. The van der Waals surface area contributed by atoms with Crippen LogP contribution in [0.15, 0.2) is 53.1 Å². The molecule has 6 heteroatoms. The van der Waals surface area contributed by atoms with E-state index in [1.165, 1.54) is 0 Å². The lowest BCUT2D eigenvalue weighted by molar-refractivity contribution is 0.0702. The molecule has 1 heterocycles. The van der Waals surface area contributed by atoms with E-state index in [1.807, 2.05) is 26.0 Å². The van der Waals surface area contributed by atoms with Crippen LogP contribution in [-0.4, -0.2) is 27.5 Å². The first-order valence-corrected chi connectivity index (χ1v) is 8.75. The van der Waals surface area contributed by atoms with Gasteiger partial charge in [-0.25, -0.2) is 0 Å². The molecular weight excluding hydrogens is 340 g/mol. The molecule has 0 bridgehead atoms. The molecule has 0 aliphatic carbocycles. The van der Waals surface area contributed by atoms with Gasteiger partial charge >= 0.3 is 0 Å². The first-order valence-electron chi connectivity index (χ1n) is 8.75. The molecule has 1 amide bonds. The highest BCUT2D eigenvalue weighted by atomic mass is 16.5. The Morgan fingerprint density at radius 1 is 1.19 bits per heavy atom. The topological polar surface area (TPSA) is 83.0 Å². The number of hydrogen-bond acceptors (Lipinski definition) is 5. The van der Waals surface area contributed by atoms with Crippen molar-refractivity contribution >= 4 is 5.91 Å². The number of nitriles is 1. The number of benzene rings is 2. The van der Waals surface area contributed by atoms with E-state index < -0.39 is 0 Å². The molecule has 0 radical (unpaired) electrons. The molecule has 6 nitrogen and oxygen atoms in total. The highest BCUT2D eigenvalue weighted by Gasteiger charge is 2.21. The van der Waals surface area contributed by atoms with Gasteiger partial charge in [0.25, 0.3) is 11.8 Å². The van der Waals surface area contributed by atoms with Crippen molar-refractivity contribution in [2.24, 2.45) is 0 Å². The van der Waals surface area contributed by atoms with Gasteiger partial charge in [0.1, 0.15) is 0 Å². The SMILES string of the molecule is CCN(C(=O)c1ccc(-c2nc(C)no2)cc1)C(C)c1ccc(C#N)cc1. The predicted molar refractivity (Wildman–Crippen MR) is 101 cm³/mol. The van der Waals surface area contributed by atoms with E-state index in [9.17, 15) is 4.79 Å². The van der Waals surface area contributed by atoms with Crippen LogP contribution in [0.1, 0.15) is 47.2 Å². The fraction of sp³-hybridized carbons (Fsp3) is 0.238. The monoisotopic (exact) mass is 360 g/mol. The van der Waals surface area contributed by atoms with Gasteiger partial charge < -0.3 is 9.42 Å². The lowest BCUT2D eigenvalue weighted by Crippen LogP contribution is -2.33. The number of aryl methyl sites for hydroxylation is 1. The number of rotatable bonds is 5. The van der Waals surface area contributed by atoms with Gasteiger partial charge in [-0.3, -0.25) is 4.79 Å². The van der Waals surface area contributed by atoms with Crippen LogP contribution in [0.2, 0.25) is 0 Å². The molecule has 0 saturated carbocycles. The normalized spacial score (nSPS) is 11.6. The average molecular weight is 360 g/mol. The number of aromatic nitrogens is 2. The number of hydrogen-bond donors (Lipinski definition) is 0. The van der Waals surface area contributed by atoms with Gasteiger partial charge in [0, 0.05) is 17.7 Å². The molecule has 1 aromatic heterocycles. The second-order valence-corrected chi connectivity index (χ2v) is 6.23. The molecule has 1 unspecified atom stereocenters. The Kier molecular flexibility index (Phi) is 5.32.